The smallest absolute Gasteiger partial charge is 0.293 e. The van der Waals surface area contributed by atoms with Crippen LogP contribution in [0.4, 0.5) is 17.1 Å². The van der Waals surface area contributed by atoms with Gasteiger partial charge >= 0.3 is 0 Å². The lowest BCUT2D eigenvalue weighted by atomic mass is 10.2. The van der Waals surface area contributed by atoms with Gasteiger partial charge in [0.2, 0.25) is 0 Å². The van der Waals surface area contributed by atoms with Gasteiger partial charge in [-0.2, -0.15) is 0 Å². The molecule has 0 aliphatic heterocycles. The van der Waals surface area contributed by atoms with Gasteiger partial charge in [0.25, 0.3) is 5.69 Å². The van der Waals surface area contributed by atoms with Crippen LogP contribution < -0.4 is 10.0 Å². The first-order valence-electron chi connectivity index (χ1n) is 6.27. The van der Waals surface area contributed by atoms with Crippen LogP contribution >= 0.6 is 11.9 Å². The first-order valence-corrected chi connectivity index (χ1v) is 7.09. The number of nitro groups is 1. The van der Waals surface area contributed by atoms with E-state index in [-0.39, 0.29) is 5.69 Å². The van der Waals surface area contributed by atoms with Gasteiger partial charge in [0.15, 0.2) is 0 Å². The van der Waals surface area contributed by atoms with Crippen molar-refractivity contribution in [3.63, 3.8) is 0 Å². The third kappa shape index (κ3) is 4.45. The van der Waals surface area contributed by atoms with E-state index in [2.05, 4.69) is 10.0 Å². The van der Waals surface area contributed by atoms with Crippen molar-refractivity contribution >= 4 is 29.0 Å². The molecule has 2 aromatic rings. The summed E-state index contributed by atoms with van der Waals surface area (Å²) in [6, 6.07) is 14.1. The summed E-state index contributed by atoms with van der Waals surface area (Å²) < 4.78 is 2.73. The van der Waals surface area contributed by atoms with Gasteiger partial charge in [-0.1, -0.05) is 18.2 Å². The van der Waals surface area contributed by atoms with Crippen LogP contribution in [-0.2, 0) is 0 Å². The van der Waals surface area contributed by atoms with Crippen molar-refractivity contribution in [3.8, 4) is 0 Å². The molecule has 0 aliphatic rings. The van der Waals surface area contributed by atoms with E-state index >= 15 is 0 Å². The highest BCUT2D eigenvalue weighted by Crippen LogP contribution is 2.31. The molecule has 1 unspecified atom stereocenters. The summed E-state index contributed by atoms with van der Waals surface area (Å²) in [7, 11) is 0. The fourth-order valence-electron chi connectivity index (χ4n) is 1.66. The molecule has 1 atom stereocenters. The van der Waals surface area contributed by atoms with Crippen LogP contribution in [0.3, 0.4) is 0 Å². The highest BCUT2D eigenvalue weighted by molar-refractivity contribution is 7.97. The lowest BCUT2D eigenvalue weighted by molar-refractivity contribution is -0.384. The minimum Gasteiger partial charge on any atom is -0.378 e. The van der Waals surface area contributed by atoms with Crippen molar-refractivity contribution in [2.75, 3.05) is 5.32 Å². The van der Waals surface area contributed by atoms with Crippen LogP contribution in [0.1, 0.15) is 6.92 Å². The molecule has 0 bridgehead atoms. The summed E-state index contributed by atoms with van der Waals surface area (Å²) in [5.74, 6) is 0. The number of aliphatic hydroxyl groups excluding tert-OH is 1. The summed E-state index contributed by atoms with van der Waals surface area (Å²) in [6.45, 7) is 1.58. The molecule has 2 aromatic carbocycles. The van der Waals surface area contributed by atoms with Gasteiger partial charge in [0.1, 0.15) is 11.9 Å². The van der Waals surface area contributed by atoms with Crippen LogP contribution in [0, 0.1) is 10.1 Å². The van der Waals surface area contributed by atoms with Crippen LogP contribution in [0.15, 0.2) is 53.4 Å². The van der Waals surface area contributed by atoms with Gasteiger partial charge in [-0.05, 0) is 43.1 Å². The molecule has 0 saturated heterocycles. The molecule has 0 amide bonds. The summed E-state index contributed by atoms with van der Waals surface area (Å²) in [6.07, 6.45) is -0.698. The predicted molar refractivity (Wildman–Crippen MR) is 83.5 cm³/mol. The second-order valence-corrected chi connectivity index (χ2v) is 5.23. The van der Waals surface area contributed by atoms with Crippen LogP contribution in [-0.4, -0.2) is 16.3 Å². The summed E-state index contributed by atoms with van der Waals surface area (Å²) >= 11 is 1.14. The molecular weight excluding hydrogens is 290 g/mol. The number of nitrogens with one attached hydrogen (secondary N) is 2. The molecule has 0 aliphatic carbocycles. The molecule has 2 rings (SSSR count). The van der Waals surface area contributed by atoms with E-state index in [1.807, 2.05) is 30.3 Å². The van der Waals surface area contributed by atoms with Gasteiger partial charge in [-0.15, -0.1) is 0 Å². The number of rotatable bonds is 6. The zero-order valence-corrected chi connectivity index (χ0v) is 12.1. The second-order valence-electron chi connectivity index (χ2n) is 4.32. The highest BCUT2D eigenvalue weighted by Gasteiger charge is 2.15. The number of aliphatic hydroxyl groups is 1. The Morgan fingerprint density at radius 2 is 1.95 bits per heavy atom. The van der Waals surface area contributed by atoms with Gasteiger partial charge in [0, 0.05) is 16.6 Å². The van der Waals surface area contributed by atoms with Crippen LogP contribution in [0.2, 0.25) is 0 Å². The molecule has 0 radical (unpaired) electrons. The van der Waals surface area contributed by atoms with Gasteiger partial charge < -0.3 is 10.4 Å². The number of hydrogen-bond acceptors (Lipinski definition) is 6. The number of nitrogens with zero attached hydrogens (tertiary/aromatic N) is 1. The van der Waals surface area contributed by atoms with Crippen LogP contribution in [0.25, 0.3) is 0 Å². The first kappa shape index (κ1) is 15.3. The van der Waals surface area contributed by atoms with Crippen molar-refractivity contribution in [3.05, 3.63) is 58.6 Å². The fourth-order valence-corrected chi connectivity index (χ4v) is 2.28. The molecule has 0 fully saturated rings. The zero-order chi connectivity index (χ0) is 15.2. The Morgan fingerprint density at radius 1 is 1.24 bits per heavy atom. The lowest BCUT2D eigenvalue weighted by Crippen LogP contribution is -2.17. The number of para-hydroxylation sites is 1. The molecular formula is C14H15N3O3S. The molecule has 7 heteroatoms. The minimum atomic E-state index is -0.698. The summed E-state index contributed by atoms with van der Waals surface area (Å²) in [4.78, 5) is 11.4. The first-order chi connectivity index (χ1) is 10.1. The fraction of sp³-hybridized carbons (Fsp3) is 0.143. The third-order valence-electron chi connectivity index (χ3n) is 2.57. The maximum atomic E-state index is 11.2. The van der Waals surface area contributed by atoms with Gasteiger partial charge in [-0.3, -0.25) is 10.1 Å². The van der Waals surface area contributed by atoms with Crippen molar-refractivity contribution in [1.82, 2.24) is 4.72 Å². The minimum absolute atomic E-state index is 0.0174. The van der Waals surface area contributed by atoms with Gasteiger partial charge in [0.05, 0.1) is 4.92 Å². The zero-order valence-electron chi connectivity index (χ0n) is 11.3. The largest absolute Gasteiger partial charge is 0.378 e. The maximum Gasteiger partial charge on any atom is 0.293 e. The molecule has 3 N–H and O–H groups in total. The Bertz CT molecular complexity index is 620. The van der Waals surface area contributed by atoms with E-state index in [1.165, 1.54) is 6.07 Å². The number of hydrogen-bond donors (Lipinski definition) is 3. The highest BCUT2D eigenvalue weighted by atomic mass is 32.2. The SMILES string of the molecule is CC(O)NSc1ccc(Nc2ccccc2)c([N+](=O)[O-])c1. The van der Waals surface area contributed by atoms with E-state index < -0.39 is 11.2 Å². The third-order valence-corrected chi connectivity index (χ3v) is 3.51. The average Bonchev–Trinajstić information content (AvgIpc) is 2.47. The van der Waals surface area contributed by atoms with E-state index in [0.29, 0.717) is 10.6 Å². The van der Waals surface area contributed by atoms with Gasteiger partial charge in [-0.25, -0.2) is 4.72 Å². The molecule has 0 spiro atoms. The number of benzene rings is 2. The van der Waals surface area contributed by atoms with E-state index in [4.69, 9.17) is 5.11 Å². The predicted octanol–water partition coefficient (Wildman–Crippen LogP) is 3.27. The average molecular weight is 305 g/mol. The van der Waals surface area contributed by atoms with Crippen molar-refractivity contribution < 1.29 is 10.0 Å². The van der Waals surface area contributed by atoms with E-state index in [0.717, 1.165) is 17.6 Å². The quantitative estimate of drug-likeness (QED) is 0.328. The van der Waals surface area contributed by atoms with Crippen LogP contribution in [0.5, 0.6) is 0 Å². The lowest BCUT2D eigenvalue weighted by Gasteiger charge is -2.10. The number of nitro benzene ring substituents is 1. The molecule has 6 nitrogen and oxygen atoms in total. The normalized spacial score (nSPS) is 11.9. The van der Waals surface area contributed by atoms with Crippen molar-refractivity contribution in [2.45, 2.75) is 18.0 Å². The number of anilines is 2. The molecule has 0 heterocycles. The van der Waals surface area contributed by atoms with Crippen molar-refractivity contribution in [2.24, 2.45) is 0 Å². The topological polar surface area (TPSA) is 87.4 Å². The Labute approximate surface area is 126 Å². The molecule has 110 valence electrons. The Hall–Kier alpha value is -2.09. The molecule has 0 saturated carbocycles. The van der Waals surface area contributed by atoms with E-state index in [9.17, 15) is 10.1 Å². The Kier molecular flexibility index (Phi) is 5.15. The van der Waals surface area contributed by atoms with Crippen molar-refractivity contribution in [1.29, 1.82) is 0 Å². The maximum absolute atomic E-state index is 11.2. The Balaban J connectivity index is 2.23. The standard InChI is InChI=1S/C14H15N3O3S/c1-10(18)16-21-12-7-8-13(14(9-12)17(19)20)15-11-5-3-2-4-6-11/h2-10,15-16,18H,1H3. The molecule has 21 heavy (non-hydrogen) atoms. The monoisotopic (exact) mass is 305 g/mol. The van der Waals surface area contributed by atoms with E-state index in [1.54, 1.807) is 19.1 Å². The summed E-state index contributed by atoms with van der Waals surface area (Å²) in [5.41, 5.74) is 1.19. The Morgan fingerprint density at radius 3 is 2.57 bits per heavy atom. The second kappa shape index (κ2) is 7.07. The summed E-state index contributed by atoms with van der Waals surface area (Å²) in [5, 5.41) is 23.4. The molecule has 0 aromatic heterocycles.